The summed E-state index contributed by atoms with van der Waals surface area (Å²) in [5, 5.41) is 0. The van der Waals surface area contributed by atoms with Crippen molar-refractivity contribution in [1.29, 1.82) is 0 Å². The zero-order valence-electron chi connectivity index (χ0n) is 7.83. The maximum atomic E-state index is 12.9. The van der Waals surface area contributed by atoms with E-state index in [1.54, 1.807) is 0 Å². The number of hydrogen-bond donors (Lipinski definition) is 0. The molecular weight excluding hydrogens is 321 g/mol. The number of alkyl halides is 6. The highest BCUT2D eigenvalue weighted by molar-refractivity contribution is 9.09. The van der Waals surface area contributed by atoms with Crippen molar-refractivity contribution in [3.8, 4) is 0 Å². The van der Waals surface area contributed by atoms with E-state index >= 15 is 0 Å². The Morgan fingerprint density at radius 1 is 0.941 bits per heavy atom. The van der Waals surface area contributed by atoms with Crippen molar-refractivity contribution in [1.82, 2.24) is 0 Å². The fraction of sp³-hybridized carbons (Fsp3) is 0.333. The van der Waals surface area contributed by atoms with Gasteiger partial charge in [-0.05, 0) is 17.7 Å². The monoisotopic (exact) mass is 324 g/mol. The van der Waals surface area contributed by atoms with Crippen LogP contribution in [0.25, 0.3) is 0 Å². The standard InChI is InChI=1S/C9H4BrF7/c10-7(8(13,14)9(15,16)17)4-1-2-5(11)6(12)3-4/h1-3,7H. The van der Waals surface area contributed by atoms with Gasteiger partial charge in [0, 0.05) is 0 Å². The summed E-state index contributed by atoms with van der Waals surface area (Å²) >= 11 is 2.14. The minimum atomic E-state index is -5.79. The van der Waals surface area contributed by atoms with Crippen molar-refractivity contribution >= 4 is 15.9 Å². The zero-order chi connectivity index (χ0) is 13.4. The molecule has 0 aliphatic heterocycles. The van der Waals surface area contributed by atoms with Gasteiger partial charge in [0.2, 0.25) is 0 Å². The van der Waals surface area contributed by atoms with Crippen LogP contribution >= 0.6 is 15.9 Å². The normalized spacial score (nSPS) is 14.8. The smallest absolute Gasteiger partial charge is 0.204 e. The molecular formula is C9H4BrF7. The second-order valence-electron chi connectivity index (χ2n) is 3.16. The summed E-state index contributed by atoms with van der Waals surface area (Å²) in [7, 11) is 0. The third-order valence-corrected chi connectivity index (χ3v) is 3.04. The maximum absolute atomic E-state index is 12.9. The molecule has 0 aromatic heterocycles. The lowest BCUT2D eigenvalue weighted by atomic mass is 10.1. The summed E-state index contributed by atoms with van der Waals surface area (Å²) in [5.41, 5.74) is -0.703. The van der Waals surface area contributed by atoms with E-state index in [1.165, 1.54) is 0 Å². The maximum Gasteiger partial charge on any atom is 0.454 e. The van der Waals surface area contributed by atoms with Crippen LogP contribution in [0.4, 0.5) is 30.7 Å². The van der Waals surface area contributed by atoms with Gasteiger partial charge in [0.05, 0.1) is 0 Å². The quantitative estimate of drug-likeness (QED) is 0.551. The van der Waals surface area contributed by atoms with Crippen LogP contribution in [0, 0.1) is 11.6 Å². The number of rotatable bonds is 2. The van der Waals surface area contributed by atoms with Gasteiger partial charge < -0.3 is 0 Å². The van der Waals surface area contributed by atoms with E-state index in [2.05, 4.69) is 15.9 Å². The Labute approximate surface area is 99.6 Å². The summed E-state index contributed by atoms with van der Waals surface area (Å²) < 4.78 is 86.9. The molecule has 0 N–H and O–H groups in total. The van der Waals surface area contributed by atoms with Crippen molar-refractivity contribution in [2.24, 2.45) is 0 Å². The third-order valence-electron chi connectivity index (χ3n) is 1.93. The fourth-order valence-corrected chi connectivity index (χ4v) is 1.57. The van der Waals surface area contributed by atoms with E-state index in [-0.39, 0.29) is 6.07 Å². The molecule has 96 valence electrons. The lowest BCUT2D eigenvalue weighted by Gasteiger charge is -2.24. The van der Waals surface area contributed by atoms with Crippen LogP contribution in [-0.4, -0.2) is 12.1 Å². The first-order chi connectivity index (χ1) is 7.57. The molecule has 17 heavy (non-hydrogen) atoms. The fourth-order valence-electron chi connectivity index (χ4n) is 1.02. The topological polar surface area (TPSA) is 0 Å². The molecule has 0 saturated carbocycles. The van der Waals surface area contributed by atoms with Gasteiger partial charge in [-0.15, -0.1) is 0 Å². The summed E-state index contributed by atoms with van der Waals surface area (Å²) in [4.78, 5) is -2.48. The second kappa shape index (κ2) is 4.47. The molecule has 0 nitrogen and oxygen atoms in total. The van der Waals surface area contributed by atoms with Gasteiger partial charge in [-0.25, -0.2) is 8.78 Å². The van der Waals surface area contributed by atoms with Crippen molar-refractivity contribution in [2.75, 3.05) is 0 Å². The molecule has 0 heterocycles. The molecule has 1 aromatic carbocycles. The molecule has 1 atom stereocenters. The van der Waals surface area contributed by atoms with Gasteiger partial charge in [0.25, 0.3) is 0 Å². The van der Waals surface area contributed by atoms with E-state index < -0.39 is 34.1 Å². The van der Waals surface area contributed by atoms with E-state index in [4.69, 9.17) is 0 Å². The van der Waals surface area contributed by atoms with Crippen LogP contribution < -0.4 is 0 Å². The van der Waals surface area contributed by atoms with Gasteiger partial charge in [-0.2, -0.15) is 22.0 Å². The highest BCUT2D eigenvalue weighted by Gasteiger charge is 2.62. The minimum Gasteiger partial charge on any atom is -0.204 e. The van der Waals surface area contributed by atoms with E-state index in [9.17, 15) is 30.7 Å². The molecule has 8 heteroatoms. The predicted octanol–water partition coefficient (Wildman–Crippen LogP) is 4.60. The van der Waals surface area contributed by atoms with Crippen molar-refractivity contribution < 1.29 is 30.7 Å². The molecule has 1 aromatic rings. The highest BCUT2D eigenvalue weighted by Crippen LogP contribution is 2.48. The molecule has 1 rings (SSSR count). The Morgan fingerprint density at radius 3 is 1.88 bits per heavy atom. The largest absolute Gasteiger partial charge is 0.454 e. The van der Waals surface area contributed by atoms with Crippen molar-refractivity contribution in [2.45, 2.75) is 16.9 Å². The number of hydrogen-bond acceptors (Lipinski definition) is 0. The van der Waals surface area contributed by atoms with Gasteiger partial charge in [0.1, 0.15) is 4.83 Å². The summed E-state index contributed by atoms with van der Waals surface area (Å²) in [6.45, 7) is 0. The van der Waals surface area contributed by atoms with Crippen LogP contribution in [-0.2, 0) is 0 Å². The van der Waals surface area contributed by atoms with Gasteiger partial charge >= 0.3 is 12.1 Å². The first-order valence-electron chi connectivity index (χ1n) is 4.11. The van der Waals surface area contributed by atoms with Crippen LogP contribution in [0.3, 0.4) is 0 Å². The molecule has 0 saturated heterocycles. The van der Waals surface area contributed by atoms with E-state index in [1.807, 2.05) is 0 Å². The van der Waals surface area contributed by atoms with Gasteiger partial charge in [-0.3, -0.25) is 0 Å². The Kier molecular flexibility index (Phi) is 3.75. The first-order valence-corrected chi connectivity index (χ1v) is 5.02. The molecule has 0 spiro atoms. The number of benzene rings is 1. The SMILES string of the molecule is Fc1ccc(C(Br)C(F)(F)C(F)(F)F)cc1F. The van der Waals surface area contributed by atoms with Crippen molar-refractivity contribution in [3.63, 3.8) is 0 Å². The van der Waals surface area contributed by atoms with Crippen molar-refractivity contribution in [3.05, 3.63) is 35.4 Å². The summed E-state index contributed by atoms with van der Waals surface area (Å²) in [6, 6.07) is 1.41. The number of halogens is 8. The van der Waals surface area contributed by atoms with Crippen LogP contribution in [0.2, 0.25) is 0 Å². The average molecular weight is 325 g/mol. The lowest BCUT2D eigenvalue weighted by molar-refractivity contribution is -0.281. The Balaban J connectivity index is 3.12. The molecule has 0 amide bonds. The Bertz CT molecular complexity index is 412. The zero-order valence-corrected chi connectivity index (χ0v) is 9.42. The van der Waals surface area contributed by atoms with Gasteiger partial charge in [0.15, 0.2) is 11.6 Å². The van der Waals surface area contributed by atoms with E-state index in [0.717, 1.165) is 0 Å². The Hall–Kier alpha value is -0.790. The predicted molar refractivity (Wildman–Crippen MR) is 49.0 cm³/mol. The molecule has 0 radical (unpaired) electrons. The molecule has 1 unspecified atom stereocenters. The highest BCUT2D eigenvalue weighted by atomic mass is 79.9. The van der Waals surface area contributed by atoms with Crippen LogP contribution in [0.5, 0.6) is 0 Å². The summed E-state index contributed by atoms with van der Waals surface area (Å²) in [6.07, 6.45) is -5.79. The second-order valence-corrected chi connectivity index (χ2v) is 4.07. The van der Waals surface area contributed by atoms with Crippen LogP contribution in [0.1, 0.15) is 10.4 Å². The lowest BCUT2D eigenvalue weighted by Crippen LogP contribution is -2.40. The van der Waals surface area contributed by atoms with E-state index in [0.29, 0.717) is 12.1 Å². The average Bonchev–Trinajstić information content (AvgIpc) is 2.19. The summed E-state index contributed by atoms with van der Waals surface area (Å²) in [5.74, 6) is -7.91. The van der Waals surface area contributed by atoms with Gasteiger partial charge in [-0.1, -0.05) is 22.0 Å². The molecule has 0 aliphatic carbocycles. The molecule has 0 aliphatic rings. The van der Waals surface area contributed by atoms with Crippen LogP contribution in [0.15, 0.2) is 18.2 Å². The first kappa shape index (κ1) is 14.3. The minimum absolute atomic E-state index is 0.286. The Morgan fingerprint density at radius 2 is 1.47 bits per heavy atom. The third kappa shape index (κ3) is 2.72. The molecule has 0 fully saturated rings. The molecule has 0 bridgehead atoms.